The number of amides is 2. The van der Waals surface area contributed by atoms with Crippen LogP contribution >= 0.6 is 11.8 Å². The normalized spacial score (nSPS) is 20.9. The smallest absolute Gasteiger partial charge is 0.251 e. The van der Waals surface area contributed by atoms with Crippen LogP contribution in [0, 0.1) is 5.92 Å². The standard InChI is InChI=1S/C23H27N3O3S/c27-22(19-6-8-20(9-7-19)29-15-17-4-2-1-3-5-17)25-14-18-12-21(24-13-18)23(28)26-10-11-30-16-26/h1-9,18,21,24H,10-16H2,(H,25,27)/t18-,21-/m0/s1. The van der Waals surface area contributed by atoms with E-state index in [-0.39, 0.29) is 23.8 Å². The van der Waals surface area contributed by atoms with Crippen molar-refractivity contribution in [1.82, 2.24) is 15.5 Å². The third kappa shape index (κ3) is 5.34. The van der Waals surface area contributed by atoms with Crippen LogP contribution in [0.3, 0.4) is 0 Å². The zero-order valence-corrected chi connectivity index (χ0v) is 17.7. The number of hydrogen-bond donors (Lipinski definition) is 2. The number of nitrogens with one attached hydrogen (secondary N) is 2. The van der Waals surface area contributed by atoms with Crippen LogP contribution in [0.25, 0.3) is 0 Å². The van der Waals surface area contributed by atoms with E-state index in [0.717, 1.165) is 42.5 Å². The summed E-state index contributed by atoms with van der Waals surface area (Å²) in [5, 5.41) is 6.31. The summed E-state index contributed by atoms with van der Waals surface area (Å²) >= 11 is 1.80. The van der Waals surface area contributed by atoms with Gasteiger partial charge in [-0.25, -0.2) is 0 Å². The molecule has 2 aliphatic heterocycles. The van der Waals surface area contributed by atoms with Crippen LogP contribution in [0.4, 0.5) is 0 Å². The highest BCUT2D eigenvalue weighted by Crippen LogP contribution is 2.20. The second kappa shape index (κ2) is 10.00. The van der Waals surface area contributed by atoms with Crippen molar-refractivity contribution in [3.8, 4) is 5.75 Å². The van der Waals surface area contributed by atoms with Gasteiger partial charge in [-0.3, -0.25) is 9.59 Å². The highest BCUT2D eigenvalue weighted by Gasteiger charge is 2.33. The Kier molecular flexibility index (Phi) is 6.92. The van der Waals surface area contributed by atoms with Crippen LogP contribution in [-0.4, -0.2) is 54.0 Å². The zero-order chi connectivity index (χ0) is 20.8. The molecule has 2 atom stereocenters. The Balaban J connectivity index is 1.21. The molecular weight excluding hydrogens is 398 g/mol. The predicted octanol–water partition coefficient (Wildman–Crippen LogP) is 2.51. The number of rotatable bonds is 7. The molecule has 30 heavy (non-hydrogen) atoms. The highest BCUT2D eigenvalue weighted by molar-refractivity contribution is 7.99. The lowest BCUT2D eigenvalue weighted by atomic mass is 10.0. The van der Waals surface area contributed by atoms with Crippen LogP contribution in [0.5, 0.6) is 5.75 Å². The zero-order valence-electron chi connectivity index (χ0n) is 16.9. The number of hydrogen-bond acceptors (Lipinski definition) is 5. The van der Waals surface area contributed by atoms with Crippen molar-refractivity contribution in [3.05, 3.63) is 65.7 Å². The number of thioether (sulfide) groups is 1. The first-order valence-corrected chi connectivity index (χ1v) is 11.5. The van der Waals surface area contributed by atoms with Gasteiger partial charge >= 0.3 is 0 Å². The van der Waals surface area contributed by atoms with E-state index in [1.54, 1.807) is 23.9 Å². The van der Waals surface area contributed by atoms with Crippen molar-refractivity contribution in [2.75, 3.05) is 31.3 Å². The van der Waals surface area contributed by atoms with Gasteiger partial charge in [0.05, 0.1) is 11.9 Å². The van der Waals surface area contributed by atoms with E-state index < -0.39 is 0 Å². The molecule has 2 aliphatic rings. The van der Waals surface area contributed by atoms with E-state index in [0.29, 0.717) is 18.7 Å². The van der Waals surface area contributed by atoms with Crippen LogP contribution in [0.1, 0.15) is 22.3 Å². The van der Waals surface area contributed by atoms with Crippen LogP contribution in [0.15, 0.2) is 54.6 Å². The first-order chi connectivity index (χ1) is 14.7. The van der Waals surface area contributed by atoms with Crippen molar-refractivity contribution < 1.29 is 14.3 Å². The third-order valence-electron chi connectivity index (χ3n) is 5.50. The van der Waals surface area contributed by atoms with Gasteiger partial charge < -0.3 is 20.3 Å². The van der Waals surface area contributed by atoms with Gasteiger partial charge in [0.15, 0.2) is 0 Å². The molecule has 4 rings (SSSR count). The predicted molar refractivity (Wildman–Crippen MR) is 118 cm³/mol. The minimum atomic E-state index is -0.119. The maximum absolute atomic E-state index is 12.5. The van der Waals surface area contributed by atoms with Gasteiger partial charge in [-0.1, -0.05) is 30.3 Å². The molecule has 2 amide bonds. The molecule has 0 spiro atoms. The van der Waals surface area contributed by atoms with Gasteiger partial charge in [0.25, 0.3) is 5.91 Å². The van der Waals surface area contributed by atoms with Gasteiger partial charge in [0.1, 0.15) is 12.4 Å². The fourth-order valence-corrected chi connectivity index (χ4v) is 4.70. The van der Waals surface area contributed by atoms with E-state index in [2.05, 4.69) is 10.6 Å². The Morgan fingerprint density at radius 3 is 2.67 bits per heavy atom. The SMILES string of the molecule is O=C(NC[C@@H]1CN[C@H](C(=O)N2CCSC2)C1)c1ccc(OCc2ccccc2)cc1. The Labute approximate surface area is 181 Å². The number of carbonyl (C=O) groups is 2. The topological polar surface area (TPSA) is 70.7 Å². The van der Waals surface area contributed by atoms with Crippen molar-refractivity contribution in [1.29, 1.82) is 0 Å². The second-order valence-corrected chi connectivity index (χ2v) is 8.78. The lowest BCUT2D eigenvalue weighted by Crippen LogP contribution is -2.42. The maximum Gasteiger partial charge on any atom is 0.251 e. The van der Waals surface area contributed by atoms with Gasteiger partial charge in [-0.15, -0.1) is 11.8 Å². The molecule has 2 saturated heterocycles. The van der Waals surface area contributed by atoms with Crippen LogP contribution in [-0.2, 0) is 11.4 Å². The maximum atomic E-state index is 12.5. The van der Waals surface area contributed by atoms with Crippen molar-refractivity contribution in [2.24, 2.45) is 5.92 Å². The molecule has 7 heteroatoms. The number of ether oxygens (including phenoxy) is 1. The highest BCUT2D eigenvalue weighted by atomic mass is 32.2. The molecule has 0 saturated carbocycles. The average molecular weight is 426 g/mol. The fraction of sp³-hybridized carbons (Fsp3) is 0.391. The van der Waals surface area contributed by atoms with E-state index >= 15 is 0 Å². The summed E-state index contributed by atoms with van der Waals surface area (Å²) in [6.45, 7) is 2.66. The number of carbonyl (C=O) groups excluding carboxylic acids is 2. The largest absolute Gasteiger partial charge is 0.489 e. The van der Waals surface area contributed by atoms with Gasteiger partial charge in [0, 0.05) is 31.0 Å². The van der Waals surface area contributed by atoms with E-state index in [1.807, 2.05) is 47.4 Å². The van der Waals surface area contributed by atoms with Gasteiger partial charge in [-0.05, 0) is 42.2 Å². The summed E-state index contributed by atoms with van der Waals surface area (Å²) in [5.74, 6) is 2.91. The molecule has 6 nitrogen and oxygen atoms in total. The van der Waals surface area contributed by atoms with Crippen LogP contribution in [0.2, 0.25) is 0 Å². The molecule has 2 fully saturated rings. The molecule has 0 bridgehead atoms. The molecule has 0 aromatic heterocycles. The Hall–Kier alpha value is -2.51. The Morgan fingerprint density at radius 2 is 1.93 bits per heavy atom. The molecule has 0 aliphatic carbocycles. The lowest BCUT2D eigenvalue weighted by molar-refractivity contribution is -0.131. The number of benzene rings is 2. The monoisotopic (exact) mass is 425 g/mol. The molecule has 2 aromatic carbocycles. The fourth-order valence-electron chi connectivity index (χ4n) is 3.74. The van der Waals surface area contributed by atoms with Gasteiger partial charge in [-0.2, -0.15) is 0 Å². The van der Waals surface area contributed by atoms with E-state index in [1.165, 1.54) is 0 Å². The summed E-state index contributed by atoms with van der Waals surface area (Å²) in [6, 6.07) is 17.0. The quantitative estimate of drug-likeness (QED) is 0.713. The van der Waals surface area contributed by atoms with Gasteiger partial charge in [0.2, 0.25) is 5.91 Å². The molecular formula is C23H27N3O3S. The average Bonchev–Trinajstić information content (AvgIpc) is 3.49. The first-order valence-electron chi connectivity index (χ1n) is 10.3. The lowest BCUT2D eigenvalue weighted by Gasteiger charge is -2.19. The Bertz CT molecular complexity index is 854. The summed E-state index contributed by atoms with van der Waals surface area (Å²) < 4.78 is 5.77. The summed E-state index contributed by atoms with van der Waals surface area (Å²) in [6.07, 6.45) is 0.770. The molecule has 0 radical (unpaired) electrons. The third-order valence-corrected chi connectivity index (χ3v) is 6.47. The molecule has 2 heterocycles. The van der Waals surface area contributed by atoms with E-state index in [9.17, 15) is 9.59 Å². The molecule has 0 unspecified atom stereocenters. The second-order valence-electron chi connectivity index (χ2n) is 7.71. The minimum absolute atomic E-state index is 0.102. The number of nitrogens with zero attached hydrogens (tertiary/aromatic N) is 1. The summed E-state index contributed by atoms with van der Waals surface area (Å²) in [4.78, 5) is 26.9. The summed E-state index contributed by atoms with van der Waals surface area (Å²) in [7, 11) is 0. The van der Waals surface area contributed by atoms with Crippen molar-refractivity contribution in [2.45, 2.75) is 19.1 Å². The van der Waals surface area contributed by atoms with E-state index in [4.69, 9.17) is 4.74 Å². The summed E-state index contributed by atoms with van der Waals surface area (Å²) in [5.41, 5.74) is 1.71. The molecule has 2 aromatic rings. The van der Waals surface area contributed by atoms with Crippen molar-refractivity contribution >= 4 is 23.6 Å². The molecule has 158 valence electrons. The molecule has 2 N–H and O–H groups in total. The minimum Gasteiger partial charge on any atom is -0.489 e. The Morgan fingerprint density at radius 1 is 1.13 bits per heavy atom. The van der Waals surface area contributed by atoms with Crippen molar-refractivity contribution in [3.63, 3.8) is 0 Å². The van der Waals surface area contributed by atoms with Crippen LogP contribution < -0.4 is 15.4 Å². The first kappa shape index (κ1) is 20.8.